The van der Waals surface area contributed by atoms with Gasteiger partial charge in [-0.25, -0.2) is 15.0 Å². The molecular weight excluding hydrogens is 497 g/mol. The van der Waals surface area contributed by atoms with Gasteiger partial charge in [-0.05, 0) is 24.1 Å². The fraction of sp³-hybridized carbons (Fsp3) is 0.333. The van der Waals surface area contributed by atoms with Gasteiger partial charge in [0, 0.05) is 36.9 Å². The molecule has 0 saturated carbocycles. The Labute approximate surface area is 207 Å². The molecular formula is C24H21F3N4O4S. The van der Waals surface area contributed by atoms with Crippen molar-refractivity contribution in [3.8, 4) is 5.75 Å². The second-order valence-corrected chi connectivity index (χ2v) is 9.38. The average molecular weight is 519 g/mol. The first-order valence-corrected chi connectivity index (χ1v) is 11.8. The zero-order chi connectivity index (χ0) is 26.0. The van der Waals surface area contributed by atoms with Crippen LogP contribution in [0.25, 0.3) is 0 Å². The second kappa shape index (κ2) is 10.1. The molecule has 3 aromatic rings. The summed E-state index contributed by atoms with van der Waals surface area (Å²) in [4.78, 5) is 49.9. The van der Waals surface area contributed by atoms with Crippen molar-refractivity contribution in [1.29, 1.82) is 0 Å². The lowest BCUT2D eigenvalue weighted by atomic mass is 9.97. The monoisotopic (exact) mass is 518 g/mol. The van der Waals surface area contributed by atoms with Gasteiger partial charge in [-0.2, -0.15) is 13.2 Å². The van der Waals surface area contributed by atoms with Crippen LogP contribution in [0, 0.1) is 0 Å². The Balaban J connectivity index is 1.45. The van der Waals surface area contributed by atoms with Gasteiger partial charge in [-0.15, -0.1) is 11.3 Å². The summed E-state index contributed by atoms with van der Waals surface area (Å²) in [7, 11) is 1.15. The zero-order valence-corrected chi connectivity index (χ0v) is 20.1. The SMILES string of the molecule is COc1ccc(CC(=O)c2cnc([C@@H](C)CC(=O)c3ncnc4c3CCC(=O)N4)s2)cc1C(F)(F)F. The van der Waals surface area contributed by atoms with Gasteiger partial charge in [0.25, 0.3) is 0 Å². The molecule has 1 amide bonds. The number of fused-ring (bicyclic) bond motifs is 1. The molecule has 2 aromatic heterocycles. The number of Topliss-reactive ketones (excluding diaryl/α,β-unsaturated/α-hetero) is 2. The number of anilines is 1. The van der Waals surface area contributed by atoms with E-state index in [-0.39, 0.29) is 64.5 Å². The number of nitrogens with zero attached hydrogens (tertiary/aromatic N) is 3. The number of amides is 1. The summed E-state index contributed by atoms with van der Waals surface area (Å²) >= 11 is 1.10. The first-order chi connectivity index (χ1) is 17.1. The molecule has 0 spiro atoms. The smallest absolute Gasteiger partial charge is 0.419 e. The maximum absolute atomic E-state index is 13.3. The first kappa shape index (κ1) is 25.4. The van der Waals surface area contributed by atoms with Crippen LogP contribution < -0.4 is 10.1 Å². The second-order valence-electron chi connectivity index (χ2n) is 8.32. The Morgan fingerprint density at radius 3 is 2.67 bits per heavy atom. The lowest BCUT2D eigenvalue weighted by molar-refractivity contribution is -0.138. The van der Waals surface area contributed by atoms with Gasteiger partial charge in [0.2, 0.25) is 5.91 Å². The minimum Gasteiger partial charge on any atom is -0.496 e. The van der Waals surface area contributed by atoms with E-state index < -0.39 is 11.7 Å². The number of methoxy groups -OCH3 is 1. The van der Waals surface area contributed by atoms with Crippen LogP contribution in [0.15, 0.2) is 30.7 Å². The van der Waals surface area contributed by atoms with Gasteiger partial charge >= 0.3 is 6.18 Å². The molecule has 1 aliphatic heterocycles. The number of rotatable bonds is 8. The number of ether oxygens (including phenoxy) is 1. The maximum Gasteiger partial charge on any atom is 0.419 e. The Morgan fingerprint density at radius 2 is 1.94 bits per heavy atom. The molecule has 0 unspecified atom stereocenters. The van der Waals surface area contributed by atoms with Crippen LogP contribution in [0.4, 0.5) is 19.0 Å². The molecule has 4 rings (SSSR count). The van der Waals surface area contributed by atoms with Crippen LogP contribution in [0.3, 0.4) is 0 Å². The van der Waals surface area contributed by atoms with Crippen LogP contribution in [-0.4, -0.2) is 39.5 Å². The van der Waals surface area contributed by atoms with Crippen molar-refractivity contribution in [2.24, 2.45) is 0 Å². The molecule has 1 aliphatic rings. The molecule has 1 N–H and O–H groups in total. The molecule has 0 bridgehead atoms. The number of thiazole rings is 1. The van der Waals surface area contributed by atoms with Crippen molar-refractivity contribution in [1.82, 2.24) is 15.0 Å². The molecule has 3 heterocycles. The number of hydrogen-bond donors (Lipinski definition) is 1. The van der Waals surface area contributed by atoms with Crippen LogP contribution in [0.5, 0.6) is 5.75 Å². The Bertz CT molecular complexity index is 1340. The standard InChI is InChI=1S/C24H21F3N4O4S/c1-12(7-17(33)21-14-4-6-20(34)31-22(14)30-11-29-21)23-28-10-19(36-23)16(32)9-13-3-5-18(35-2)15(8-13)24(25,26)27/h3,5,8,10-12H,4,6-7,9H2,1-2H3,(H,29,30,31,34)/t12-/m0/s1. The number of alkyl halides is 3. The molecule has 36 heavy (non-hydrogen) atoms. The van der Waals surface area contributed by atoms with Gasteiger partial charge in [0.05, 0.1) is 22.6 Å². The molecule has 0 aliphatic carbocycles. The summed E-state index contributed by atoms with van der Waals surface area (Å²) in [6, 6.07) is 3.51. The highest BCUT2D eigenvalue weighted by Crippen LogP contribution is 2.37. The summed E-state index contributed by atoms with van der Waals surface area (Å²) in [5.41, 5.74) is 0.104. The van der Waals surface area contributed by atoms with E-state index in [1.165, 1.54) is 24.7 Å². The van der Waals surface area contributed by atoms with Crippen LogP contribution in [-0.2, 0) is 23.8 Å². The van der Waals surface area contributed by atoms with Crippen LogP contribution in [0.1, 0.15) is 67.5 Å². The van der Waals surface area contributed by atoms with E-state index in [0.717, 1.165) is 24.5 Å². The number of carbonyl (C=O) groups excluding carboxylic acids is 3. The third-order valence-corrected chi connectivity index (χ3v) is 6.98. The summed E-state index contributed by atoms with van der Waals surface area (Å²) in [6.45, 7) is 1.79. The van der Waals surface area contributed by atoms with Crippen molar-refractivity contribution >= 4 is 34.6 Å². The quantitative estimate of drug-likeness (QED) is 0.432. The molecule has 12 heteroatoms. The lowest BCUT2D eigenvalue weighted by Gasteiger charge is -2.17. The van der Waals surface area contributed by atoms with Crippen molar-refractivity contribution in [3.63, 3.8) is 0 Å². The topological polar surface area (TPSA) is 111 Å². The highest BCUT2D eigenvalue weighted by Gasteiger charge is 2.34. The van der Waals surface area contributed by atoms with Crippen molar-refractivity contribution < 1.29 is 32.3 Å². The fourth-order valence-electron chi connectivity index (χ4n) is 3.90. The number of nitrogens with one attached hydrogen (secondary N) is 1. The Kier molecular flexibility index (Phi) is 7.16. The number of benzene rings is 1. The van der Waals surface area contributed by atoms with E-state index >= 15 is 0 Å². The Hall–Kier alpha value is -3.67. The molecule has 0 fully saturated rings. The third-order valence-electron chi connectivity index (χ3n) is 5.71. The molecule has 0 radical (unpaired) electrons. The van der Waals surface area contributed by atoms with E-state index in [2.05, 4.69) is 20.3 Å². The van der Waals surface area contributed by atoms with E-state index in [4.69, 9.17) is 4.74 Å². The first-order valence-electron chi connectivity index (χ1n) is 11.0. The highest BCUT2D eigenvalue weighted by molar-refractivity contribution is 7.13. The van der Waals surface area contributed by atoms with Crippen LogP contribution in [0.2, 0.25) is 0 Å². The van der Waals surface area contributed by atoms with Crippen molar-refractivity contribution in [3.05, 3.63) is 63.0 Å². The van der Waals surface area contributed by atoms with E-state index in [1.54, 1.807) is 6.92 Å². The number of halogens is 3. The molecule has 8 nitrogen and oxygen atoms in total. The maximum atomic E-state index is 13.3. The molecule has 188 valence electrons. The third kappa shape index (κ3) is 5.43. The molecule has 0 saturated heterocycles. The molecule has 1 atom stereocenters. The predicted octanol–water partition coefficient (Wildman–Crippen LogP) is 4.65. The minimum atomic E-state index is -4.61. The number of carbonyl (C=O) groups is 3. The summed E-state index contributed by atoms with van der Waals surface area (Å²) in [5.74, 6) is -1.09. The normalized spacial score (nSPS) is 14.1. The van der Waals surface area contributed by atoms with Gasteiger partial charge in [0.15, 0.2) is 11.6 Å². The van der Waals surface area contributed by atoms with Crippen molar-refractivity contribution in [2.75, 3.05) is 12.4 Å². The van der Waals surface area contributed by atoms with Gasteiger partial charge < -0.3 is 10.1 Å². The van der Waals surface area contributed by atoms with E-state index in [1.807, 2.05) is 0 Å². The van der Waals surface area contributed by atoms with Gasteiger partial charge in [0.1, 0.15) is 23.6 Å². The molecule has 1 aromatic carbocycles. The Morgan fingerprint density at radius 1 is 1.17 bits per heavy atom. The predicted molar refractivity (Wildman–Crippen MR) is 124 cm³/mol. The fourth-order valence-corrected chi connectivity index (χ4v) is 4.80. The summed E-state index contributed by atoms with van der Waals surface area (Å²) < 4.78 is 44.6. The number of hydrogen-bond acceptors (Lipinski definition) is 8. The zero-order valence-electron chi connectivity index (χ0n) is 19.3. The van der Waals surface area contributed by atoms with Gasteiger partial charge in [-0.1, -0.05) is 13.0 Å². The average Bonchev–Trinajstić information content (AvgIpc) is 3.33. The highest BCUT2D eigenvalue weighted by atomic mass is 32.1. The van der Waals surface area contributed by atoms with E-state index in [0.29, 0.717) is 22.8 Å². The van der Waals surface area contributed by atoms with Gasteiger partial charge in [-0.3, -0.25) is 14.4 Å². The lowest BCUT2D eigenvalue weighted by Crippen LogP contribution is -2.23. The summed E-state index contributed by atoms with van der Waals surface area (Å²) in [6.07, 6.45) is -1.56. The summed E-state index contributed by atoms with van der Waals surface area (Å²) in [5, 5.41) is 3.18. The van der Waals surface area contributed by atoms with E-state index in [9.17, 15) is 27.6 Å². The van der Waals surface area contributed by atoms with Crippen LogP contribution >= 0.6 is 11.3 Å². The minimum absolute atomic E-state index is 0.0754. The number of aromatic nitrogens is 3. The largest absolute Gasteiger partial charge is 0.496 e. The number of ketones is 2. The van der Waals surface area contributed by atoms with Crippen molar-refractivity contribution in [2.45, 2.75) is 44.7 Å².